The summed E-state index contributed by atoms with van der Waals surface area (Å²) in [4.78, 5) is 13.0. The van der Waals surface area contributed by atoms with Gasteiger partial charge in [0.1, 0.15) is 0 Å². The fourth-order valence-electron chi connectivity index (χ4n) is 1.95. The molecule has 0 bridgehead atoms. The summed E-state index contributed by atoms with van der Waals surface area (Å²) in [6.45, 7) is 1.99. The number of carbonyl (C=O) groups is 1. The molecule has 2 rings (SSSR count). The molecular weight excluding hydrogens is 287 g/mol. The number of alkyl halides is 1. The van der Waals surface area contributed by atoms with E-state index in [0.717, 1.165) is 33.4 Å². The van der Waals surface area contributed by atoms with Crippen LogP contribution in [0.15, 0.2) is 18.2 Å². The number of Topliss-reactive ketones (excluding diaryl/α,β-unsaturated/α-hetero) is 1. The largest absolute Gasteiger partial charge is 0.293 e. The molecule has 0 spiro atoms. The smallest absolute Gasteiger partial charge is 0.173 e. The number of thiophene rings is 1. The van der Waals surface area contributed by atoms with Crippen LogP contribution < -0.4 is 0 Å². The predicted molar refractivity (Wildman–Crippen MR) is 80.5 cm³/mol. The van der Waals surface area contributed by atoms with Crippen LogP contribution in [0.1, 0.15) is 34.5 Å². The average molecular weight is 301 g/mol. The topological polar surface area (TPSA) is 17.1 Å². The lowest BCUT2D eigenvalue weighted by molar-refractivity contribution is 0.0983. The molecule has 4 heteroatoms. The first-order valence-electron chi connectivity index (χ1n) is 5.91. The molecule has 0 aliphatic carbocycles. The van der Waals surface area contributed by atoms with Crippen LogP contribution in [0, 0.1) is 6.92 Å². The van der Waals surface area contributed by atoms with Gasteiger partial charge in [-0.25, -0.2) is 0 Å². The average Bonchev–Trinajstić information content (AvgIpc) is 2.67. The zero-order valence-electron chi connectivity index (χ0n) is 10.1. The molecule has 0 aliphatic heterocycles. The highest BCUT2D eigenvalue weighted by Gasteiger charge is 2.15. The predicted octanol–water partition coefficient (Wildman–Crippen LogP) is 5.45. The van der Waals surface area contributed by atoms with Crippen LogP contribution in [0.25, 0.3) is 10.1 Å². The molecular formula is C14H14Cl2OS. The van der Waals surface area contributed by atoms with Gasteiger partial charge in [0.2, 0.25) is 0 Å². The van der Waals surface area contributed by atoms with Gasteiger partial charge in [-0.3, -0.25) is 4.79 Å². The molecule has 1 heterocycles. The molecule has 0 aliphatic rings. The fourth-order valence-corrected chi connectivity index (χ4v) is 3.47. The highest BCUT2D eigenvalue weighted by molar-refractivity contribution is 7.21. The van der Waals surface area contributed by atoms with E-state index in [1.165, 1.54) is 0 Å². The molecule has 1 nitrogen and oxygen atoms in total. The van der Waals surface area contributed by atoms with E-state index < -0.39 is 0 Å². The number of hydrogen-bond donors (Lipinski definition) is 0. The SMILES string of the molecule is Cc1c(C(=O)CCCCCl)sc2ccc(Cl)cc12. The van der Waals surface area contributed by atoms with Gasteiger partial charge >= 0.3 is 0 Å². The minimum Gasteiger partial charge on any atom is -0.293 e. The third kappa shape index (κ3) is 2.87. The first kappa shape index (κ1) is 13.9. The zero-order valence-corrected chi connectivity index (χ0v) is 12.5. The van der Waals surface area contributed by atoms with E-state index >= 15 is 0 Å². The molecule has 0 N–H and O–H groups in total. The van der Waals surface area contributed by atoms with Crippen molar-refractivity contribution >= 4 is 50.4 Å². The normalized spacial score (nSPS) is 11.1. The highest BCUT2D eigenvalue weighted by Crippen LogP contribution is 2.33. The quantitative estimate of drug-likeness (QED) is 0.407. The maximum absolute atomic E-state index is 12.1. The summed E-state index contributed by atoms with van der Waals surface area (Å²) in [6.07, 6.45) is 2.33. The lowest BCUT2D eigenvalue weighted by atomic mass is 10.1. The maximum Gasteiger partial charge on any atom is 0.173 e. The molecule has 0 fully saturated rings. The van der Waals surface area contributed by atoms with Gasteiger partial charge in [0.25, 0.3) is 0 Å². The Morgan fingerprint density at radius 3 is 2.83 bits per heavy atom. The lowest BCUT2D eigenvalue weighted by Crippen LogP contribution is -1.98. The Labute approximate surface area is 121 Å². The Morgan fingerprint density at radius 2 is 2.11 bits per heavy atom. The summed E-state index contributed by atoms with van der Waals surface area (Å²) in [5, 5.41) is 1.80. The molecule has 0 unspecified atom stereocenters. The summed E-state index contributed by atoms with van der Waals surface area (Å²) in [5.74, 6) is 0.837. The van der Waals surface area contributed by atoms with E-state index in [0.29, 0.717) is 17.3 Å². The van der Waals surface area contributed by atoms with E-state index in [1.54, 1.807) is 11.3 Å². The third-order valence-electron chi connectivity index (χ3n) is 2.94. The summed E-state index contributed by atoms with van der Waals surface area (Å²) < 4.78 is 1.12. The Morgan fingerprint density at radius 1 is 1.33 bits per heavy atom. The number of fused-ring (bicyclic) bond motifs is 1. The van der Waals surface area contributed by atoms with Crippen molar-refractivity contribution in [3.63, 3.8) is 0 Å². The standard InChI is InChI=1S/C14H14Cl2OS/c1-9-11-8-10(16)5-6-13(11)18-14(9)12(17)4-2-3-7-15/h5-6,8H,2-4,7H2,1H3. The molecule has 96 valence electrons. The van der Waals surface area contributed by atoms with Crippen molar-refractivity contribution in [1.29, 1.82) is 0 Å². The van der Waals surface area contributed by atoms with E-state index in [2.05, 4.69) is 0 Å². The maximum atomic E-state index is 12.1. The van der Waals surface area contributed by atoms with Crippen molar-refractivity contribution < 1.29 is 4.79 Å². The fraction of sp³-hybridized carbons (Fsp3) is 0.357. The second-order valence-electron chi connectivity index (χ2n) is 4.27. The van der Waals surface area contributed by atoms with Crippen molar-refractivity contribution in [3.05, 3.63) is 33.7 Å². The van der Waals surface area contributed by atoms with Crippen LogP contribution >= 0.6 is 34.5 Å². The molecule has 18 heavy (non-hydrogen) atoms. The van der Waals surface area contributed by atoms with Crippen LogP contribution in [0.3, 0.4) is 0 Å². The molecule has 0 saturated carbocycles. The van der Waals surface area contributed by atoms with Crippen molar-refractivity contribution in [3.8, 4) is 0 Å². The summed E-state index contributed by atoms with van der Waals surface area (Å²) in [6, 6.07) is 5.77. The minimum absolute atomic E-state index is 0.218. The second-order valence-corrected chi connectivity index (χ2v) is 6.13. The molecule has 1 aromatic heterocycles. The van der Waals surface area contributed by atoms with Gasteiger partial charge < -0.3 is 0 Å². The number of rotatable bonds is 5. The van der Waals surface area contributed by atoms with Gasteiger partial charge in [0.05, 0.1) is 4.88 Å². The lowest BCUT2D eigenvalue weighted by Gasteiger charge is -1.98. The molecule has 0 atom stereocenters. The Balaban J connectivity index is 2.28. The molecule has 1 aromatic carbocycles. The van der Waals surface area contributed by atoms with Crippen molar-refractivity contribution in [2.75, 3.05) is 5.88 Å². The van der Waals surface area contributed by atoms with Gasteiger partial charge in [-0.15, -0.1) is 22.9 Å². The van der Waals surface area contributed by atoms with Crippen LogP contribution in [0.2, 0.25) is 5.02 Å². The van der Waals surface area contributed by atoms with Gasteiger partial charge in [-0.1, -0.05) is 11.6 Å². The molecule has 2 aromatic rings. The van der Waals surface area contributed by atoms with Crippen LogP contribution in [-0.2, 0) is 0 Å². The van der Waals surface area contributed by atoms with E-state index in [-0.39, 0.29) is 5.78 Å². The molecule has 0 amide bonds. The van der Waals surface area contributed by atoms with Crippen LogP contribution in [-0.4, -0.2) is 11.7 Å². The number of unbranched alkanes of at least 4 members (excludes halogenated alkanes) is 1. The number of halogens is 2. The third-order valence-corrected chi connectivity index (χ3v) is 4.76. The van der Waals surface area contributed by atoms with E-state index in [9.17, 15) is 4.79 Å². The highest BCUT2D eigenvalue weighted by atomic mass is 35.5. The Kier molecular flexibility index (Phi) is 4.66. The molecule has 0 radical (unpaired) electrons. The van der Waals surface area contributed by atoms with Crippen LogP contribution in [0.5, 0.6) is 0 Å². The van der Waals surface area contributed by atoms with Crippen LogP contribution in [0.4, 0.5) is 0 Å². The number of aryl methyl sites for hydroxylation is 1. The van der Waals surface area contributed by atoms with Crippen molar-refractivity contribution in [2.24, 2.45) is 0 Å². The Bertz CT molecular complexity index is 574. The second kappa shape index (κ2) is 6.05. The van der Waals surface area contributed by atoms with Gasteiger partial charge in [-0.2, -0.15) is 0 Å². The Hall–Kier alpha value is -0.570. The zero-order chi connectivity index (χ0) is 13.1. The number of hydrogen-bond acceptors (Lipinski definition) is 2. The number of ketones is 1. The monoisotopic (exact) mass is 300 g/mol. The first-order chi connectivity index (χ1) is 8.63. The summed E-state index contributed by atoms with van der Waals surface area (Å²) >= 11 is 13.2. The summed E-state index contributed by atoms with van der Waals surface area (Å²) in [7, 11) is 0. The minimum atomic E-state index is 0.218. The molecule has 0 saturated heterocycles. The van der Waals surface area contributed by atoms with Gasteiger partial charge in [0.15, 0.2) is 5.78 Å². The number of carbonyl (C=O) groups excluding carboxylic acids is 1. The van der Waals surface area contributed by atoms with Gasteiger partial charge in [-0.05, 0) is 48.9 Å². The first-order valence-corrected chi connectivity index (χ1v) is 7.64. The van der Waals surface area contributed by atoms with E-state index in [4.69, 9.17) is 23.2 Å². The van der Waals surface area contributed by atoms with Crippen molar-refractivity contribution in [2.45, 2.75) is 26.2 Å². The number of benzene rings is 1. The summed E-state index contributed by atoms with van der Waals surface area (Å²) in [5.41, 5.74) is 1.05. The van der Waals surface area contributed by atoms with E-state index in [1.807, 2.05) is 25.1 Å². The van der Waals surface area contributed by atoms with Crippen molar-refractivity contribution in [1.82, 2.24) is 0 Å². The van der Waals surface area contributed by atoms with Gasteiger partial charge in [0, 0.05) is 22.0 Å².